The van der Waals surface area contributed by atoms with Crippen molar-refractivity contribution in [2.24, 2.45) is 0 Å². The number of ether oxygens (including phenoxy) is 1. The van der Waals surface area contributed by atoms with Gasteiger partial charge < -0.3 is 4.74 Å². The maximum absolute atomic E-state index is 11.7. The molecule has 84 valence electrons. The highest BCUT2D eigenvalue weighted by Crippen LogP contribution is 2.25. The van der Waals surface area contributed by atoms with Crippen LogP contribution in [0.15, 0.2) is 30.3 Å². The zero-order valence-electron chi connectivity index (χ0n) is 9.65. The van der Waals surface area contributed by atoms with E-state index in [1.165, 1.54) is 7.11 Å². The van der Waals surface area contributed by atoms with Crippen molar-refractivity contribution in [1.82, 2.24) is 0 Å². The molecule has 0 saturated carbocycles. The molecule has 0 atom stereocenters. The first-order valence-corrected chi connectivity index (χ1v) is 5.19. The van der Waals surface area contributed by atoms with Crippen LogP contribution >= 0.6 is 0 Å². The Hall–Kier alpha value is -2.34. The van der Waals surface area contributed by atoms with Crippen molar-refractivity contribution >= 4 is 16.7 Å². The predicted octanol–water partition coefficient (Wildman–Crippen LogP) is 2.81. The van der Waals surface area contributed by atoms with Crippen molar-refractivity contribution in [2.75, 3.05) is 7.11 Å². The van der Waals surface area contributed by atoms with Gasteiger partial charge in [0.25, 0.3) is 0 Å². The van der Waals surface area contributed by atoms with Crippen LogP contribution in [0.3, 0.4) is 0 Å². The summed E-state index contributed by atoms with van der Waals surface area (Å²) in [6.45, 7) is 1.88. The number of aryl methyl sites for hydroxylation is 1. The lowest BCUT2D eigenvalue weighted by Crippen LogP contribution is -2.03. The molecule has 0 heterocycles. The average Bonchev–Trinajstić information content (AvgIpc) is 2.38. The van der Waals surface area contributed by atoms with Gasteiger partial charge >= 0.3 is 5.97 Å². The molecule has 17 heavy (non-hydrogen) atoms. The van der Waals surface area contributed by atoms with Gasteiger partial charge in [-0.1, -0.05) is 24.3 Å². The molecule has 0 aromatic heterocycles. The summed E-state index contributed by atoms with van der Waals surface area (Å²) in [6, 6.07) is 11.2. The Kier molecular flexibility index (Phi) is 2.80. The van der Waals surface area contributed by atoms with E-state index in [-0.39, 0.29) is 0 Å². The lowest BCUT2D eigenvalue weighted by Gasteiger charge is -2.09. The lowest BCUT2D eigenvalue weighted by molar-refractivity contribution is 0.0603. The molecule has 0 aliphatic carbocycles. The van der Waals surface area contributed by atoms with Gasteiger partial charge in [0.1, 0.15) is 0 Å². The Labute approximate surface area is 99.2 Å². The van der Waals surface area contributed by atoms with E-state index >= 15 is 0 Å². The number of benzene rings is 2. The molecule has 0 bridgehead atoms. The fourth-order valence-electron chi connectivity index (χ4n) is 1.92. The first kappa shape index (κ1) is 11.2. The van der Waals surface area contributed by atoms with Crippen LogP contribution in [0, 0.1) is 18.3 Å². The summed E-state index contributed by atoms with van der Waals surface area (Å²) in [5.74, 6) is -0.419. The summed E-state index contributed by atoms with van der Waals surface area (Å²) in [6.07, 6.45) is 0. The number of carbonyl (C=O) groups is 1. The predicted molar refractivity (Wildman–Crippen MR) is 64.7 cm³/mol. The summed E-state index contributed by atoms with van der Waals surface area (Å²) in [5, 5.41) is 10.8. The number of hydrogen-bond acceptors (Lipinski definition) is 3. The second kappa shape index (κ2) is 4.26. The SMILES string of the molecule is COC(=O)c1cc(C#N)c(C)c2ccccc12. The highest BCUT2D eigenvalue weighted by molar-refractivity contribution is 6.06. The molecule has 2 aromatic carbocycles. The normalized spacial score (nSPS) is 9.94. The Morgan fingerprint density at radius 2 is 1.94 bits per heavy atom. The van der Waals surface area contributed by atoms with E-state index in [4.69, 9.17) is 10.00 Å². The van der Waals surface area contributed by atoms with Crippen molar-refractivity contribution in [3.8, 4) is 6.07 Å². The van der Waals surface area contributed by atoms with E-state index < -0.39 is 5.97 Å². The molecular weight excluding hydrogens is 214 g/mol. The average molecular weight is 225 g/mol. The molecule has 0 radical (unpaired) electrons. The molecular formula is C14H11NO2. The standard InChI is InChI=1S/C14H11NO2/c1-9-10(8-15)7-13(14(16)17-2)12-6-4-3-5-11(9)12/h3-7H,1-2H3. The van der Waals surface area contributed by atoms with Gasteiger partial charge in [-0.2, -0.15) is 5.26 Å². The number of nitrogens with zero attached hydrogens (tertiary/aromatic N) is 1. The van der Waals surface area contributed by atoms with Crippen molar-refractivity contribution < 1.29 is 9.53 Å². The Balaban J connectivity index is 2.89. The molecule has 2 rings (SSSR count). The fourth-order valence-corrected chi connectivity index (χ4v) is 1.92. The number of methoxy groups -OCH3 is 1. The highest BCUT2D eigenvalue weighted by atomic mass is 16.5. The van der Waals surface area contributed by atoms with Crippen LogP contribution < -0.4 is 0 Å². The molecule has 0 aliphatic rings. The maximum atomic E-state index is 11.7. The van der Waals surface area contributed by atoms with E-state index in [2.05, 4.69) is 6.07 Å². The van der Waals surface area contributed by atoms with Gasteiger partial charge in [-0.15, -0.1) is 0 Å². The van der Waals surface area contributed by atoms with Crippen LogP contribution in [-0.4, -0.2) is 13.1 Å². The molecule has 3 heteroatoms. The highest BCUT2D eigenvalue weighted by Gasteiger charge is 2.14. The van der Waals surface area contributed by atoms with Gasteiger partial charge in [0.2, 0.25) is 0 Å². The van der Waals surface area contributed by atoms with Crippen LogP contribution in [0.25, 0.3) is 10.8 Å². The summed E-state index contributed by atoms with van der Waals surface area (Å²) >= 11 is 0. The van der Waals surface area contributed by atoms with Crippen LogP contribution in [0.1, 0.15) is 21.5 Å². The number of esters is 1. The monoisotopic (exact) mass is 225 g/mol. The quantitative estimate of drug-likeness (QED) is 0.701. The maximum Gasteiger partial charge on any atom is 0.338 e. The third kappa shape index (κ3) is 1.74. The fraction of sp³-hybridized carbons (Fsp3) is 0.143. The molecule has 0 saturated heterocycles. The van der Waals surface area contributed by atoms with E-state index in [1.54, 1.807) is 6.07 Å². The van der Waals surface area contributed by atoms with Gasteiger partial charge in [-0.25, -0.2) is 4.79 Å². The zero-order valence-corrected chi connectivity index (χ0v) is 9.65. The molecule has 0 unspecified atom stereocenters. The largest absolute Gasteiger partial charge is 0.465 e. The topological polar surface area (TPSA) is 50.1 Å². The van der Waals surface area contributed by atoms with Crippen LogP contribution in [-0.2, 0) is 4.74 Å². The molecule has 2 aromatic rings. The molecule has 3 nitrogen and oxygen atoms in total. The smallest absolute Gasteiger partial charge is 0.338 e. The number of nitriles is 1. The van der Waals surface area contributed by atoms with E-state index in [0.29, 0.717) is 11.1 Å². The molecule has 0 spiro atoms. The second-order valence-electron chi connectivity index (χ2n) is 3.75. The summed E-state index contributed by atoms with van der Waals surface area (Å²) in [7, 11) is 1.34. The summed E-state index contributed by atoms with van der Waals surface area (Å²) in [4.78, 5) is 11.7. The molecule has 0 N–H and O–H groups in total. The van der Waals surface area contributed by atoms with Crippen molar-refractivity contribution in [2.45, 2.75) is 6.92 Å². The minimum absolute atomic E-state index is 0.419. The lowest BCUT2D eigenvalue weighted by atomic mass is 9.96. The van der Waals surface area contributed by atoms with Crippen molar-refractivity contribution in [3.05, 3.63) is 47.0 Å². The molecule has 0 amide bonds. The summed E-state index contributed by atoms with van der Waals surface area (Å²) in [5.41, 5.74) is 1.82. The summed E-state index contributed by atoms with van der Waals surface area (Å²) < 4.78 is 4.74. The van der Waals surface area contributed by atoms with Gasteiger partial charge in [-0.05, 0) is 29.3 Å². The second-order valence-corrected chi connectivity index (χ2v) is 3.75. The third-order valence-electron chi connectivity index (χ3n) is 2.84. The first-order chi connectivity index (χ1) is 8.19. The van der Waals surface area contributed by atoms with Crippen LogP contribution in [0.4, 0.5) is 0 Å². The Morgan fingerprint density at radius 1 is 1.29 bits per heavy atom. The van der Waals surface area contributed by atoms with E-state index in [1.807, 2.05) is 31.2 Å². The van der Waals surface area contributed by atoms with Crippen LogP contribution in [0.5, 0.6) is 0 Å². The van der Waals surface area contributed by atoms with E-state index in [9.17, 15) is 4.79 Å². The number of rotatable bonds is 1. The Bertz CT molecular complexity index is 638. The van der Waals surface area contributed by atoms with Gasteiger partial charge in [0, 0.05) is 0 Å². The van der Waals surface area contributed by atoms with Crippen LogP contribution in [0.2, 0.25) is 0 Å². The van der Waals surface area contributed by atoms with Gasteiger partial charge in [0.05, 0.1) is 24.3 Å². The minimum atomic E-state index is -0.419. The number of hydrogen-bond donors (Lipinski definition) is 0. The van der Waals surface area contributed by atoms with Crippen molar-refractivity contribution in [1.29, 1.82) is 5.26 Å². The first-order valence-electron chi connectivity index (χ1n) is 5.19. The van der Waals surface area contributed by atoms with Gasteiger partial charge in [-0.3, -0.25) is 0 Å². The molecule has 0 fully saturated rings. The minimum Gasteiger partial charge on any atom is -0.465 e. The number of carbonyl (C=O) groups excluding carboxylic acids is 1. The van der Waals surface area contributed by atoms with E-state index in [0.717, 1.165) is 16.3 Å². The number of fused-ring (bicyclic) bond motifs is 1. The van der Waals surface area contributed by atoms with Gasteiger partial charge in [0.15, 0.2) is 0 Å². The Morgan fingerprint density at radius 3 is 2.53 bits per heavy atom. The zero-order chi connectivity index (χ0) is 12.4. The third-order valence-corrected chi connectivity index (χ3v) is 2.84. The van der Waals surface area contributed by atoms with Crippen molar-refractivity contribution in [3.63, 3.8) is 0 Å². The molecule has 0 aliphatic heterocycles.